The molecule has 0 fully saturated rings. The number of pyridine rings is 1. The van der Waals surface area contributed by atoms with Crippen molar-refractivity contribution in [2.45, 2.75) is 6.61 Å². The van der Waals surface area contributed by atoms with Crippen LogP contribution in [0.5, 0.6) is 5.75 Å². The molecule has 2 heterocycles. The minimum absolute atomic E-state index is 0.141. The highest BCUT2D eigenvalue weighted by atomic mass is 35.5. The zero-order valence-corrected chi connectivity index (χ0v) is 11.1. The highest BCUT2D eigenvalue weighted by Crippen LogP contribution is 2.17. The van der Waals surface area contributed by atoms with Gasteiger partial charge in [0.2, 0.25) is 0 Å². The molecule has 2 aromatic heterocycles. The van der Waals surface area contributed by atoms with Gasteiger partial charge >= 0.3 is 0 Å². The molecule has 3 aromatic rings. The van der Waals surface area contributed by atoms with Gasteiger partial charge in [0.15, 0.2) is 5.65 Å². The lowest BCUT2D eigenvalue weighted by molar-refractivity contribution is 0.296. The zero-order valence-electron chi connectivity index (χ0n) is 10.3. The lowest BCUT2D eigenvalue weighted by atomic mass is 10.3. The normalized spacial score (nSPS) is 10.7. The molecular formula is C14H10ClN3O2. The Balaban J connectivity index is 1.86. The summed E-state index contributed by atoms with van der Waals surface area (Å²) in [5.74, 6) is 1.03. The summed E-state index contributed by atoms with van der Waals surface area (Å²) in [7, 11) is 0. The Labute approximate surface area is 119 Å². The predicted molar refractivity (Wildman–Crippen MR) is 75.9 cm³/mol. The number of rotatable bonds is 3. The quantitative estimate of drug-likeness (QED) is 0.804. The van der Waals surface area contributed by atoms with Crippen LogP contribution in [0.15, 0.2) is 47.4 Å². The largest absolute Gasteiger partial charge is 0.486 e. The maximum atomic E-state index is 11.9. The Bertz CT molecular complexity index is 817. The first-order valence-corrected chi connectivity index (χ1v) is 6.32. The number of hydrogen-bond acceptors (Lipinski definition) is 4. The van der Waals surface area contributed by atoms with Gasteiger partial charge in [-0.25, -0.2) is 9.97 Å². The van der Waals surface area contributed by atoms with Crippen molar-refractivity contribution in [1.82, 2.24) is 15.0 Å². The number of ether oxygens (including phenoxy) is 1. The number of benzene rings is 1. The Kier molecular flexibility index (Phi) is 3.35. The summed E-state index contributed by atoms with van der Waals surface area (Å²) in [6, 6.07) is 10.4. The molecule has 0 radical (unpaired) electrons. The minimum atomic E-state index is -0.229. The molecule has 1 N–H and O–H groups in total. The van der Waals surface area contributed by atoms with Gasteiger partial charge in [0.25, 0.3) is 5.56 Å². The minimum Gasteiger partial charge on any atom is -0.486 e. The lowest BCUT2D eigenvalue weighted by Gasteiger charge is -2.06. The van der Waals surface area contributed by atoms with Crippen molar-refractivity contribution in [2.75, 3.05) is 0 Å². The molecule has 0 amide bonds. The van der Waals surface area contributed by atoms with E-state index in [9.17, 15) is 4.79 Å². The zero-order chi connectivity index (χ0) is 13.9. The van der Waals surface area contributed by atoms with Crippen molar-refractivity contribution in [3.05, 3.63) is 63.8 Å². The number of aromatic nitrogens is 3. The van der Waals surface area contributed by atoms with Gasteiger partial charge in [-0.05, 0) is 30.3 Å². The topological polar surface area (TPSA) is 67.9 Å². The van der Waals surface area contributed by atoms with Gasteiger partial charge in [0.1, 0.15) is 18.2 Å². The molecule has 0 saturated heterocycles. The summed E-state index contributed by atoms with van der Waals surface area (Å²) >= 11 is 5.87. The van der Waals surface area contributed by atoms with E-state index in [2.05, 4.69) is 15.0 Å². The molecule has 0 spiro atoms. The SMILES string of the molecule is O=c1[nH]c(COc2cccc(Cl)c2)nc2ncccc12. The van der Waals surface area contributed by atoms with E-state index in [0.29, 0.717) is 27.6 Å². The van der Waals surface area contributed by atoms with Gasteiger partial charge < -0.3 is 9.72 Å². The summed E-state index contributed by atoms with van der Waals surface area (Å²) in [6.07, 6.45) is 1.59. The molecule has 0 atom stereocenters. The second-order valence-electron chi connectivity index (χ2n) is 4.13. The van der Waals surface area contributed by atoms with Crippen molar-refractivity contribution in [3.8, 4) is 5.75 Å². The van der Waals surface area contributed by atoms with E-state index in [1.165, 1.54) is 0 Å². The molecule has 0 bridgehead atoms. The number of hydrogen-bond donors (Lipinski definition) is 1. The third-order valence-corrected chi connectivity index (χ3v) is 2.94. The van der Waals surface area contributed by atoms with Crippen molar-refractivity contribution in [3.63, 3.8) is 0 Å². The van der Waals surface area contributed by atoms with Crippen LogP contribution in [0.2, 0.25) is 5.02 Å². The van der Waals surface area contributed by atoms with E-state index in [4.69, 9.17) is 16.3 Å². The first kappa shape index (κ1) is 12.6. The summed E-state index contributed by atoms with van der Waals surface area (Å²) in [5, 5.41) is 1.04. The van der Waals surface area contributed by atoms with Gasteiger partial charge in [0, 0.05) is 11.2 Å². The Morgan fingerprint density at radius 1 is 1.25 bits per heavy atom. The highest BCUT2D eigenvalue weighted by Gasteiger charge is 2.05. The molecule has 0 aliphatic rings. The van der Waals surface area contributed by atoms with Gasteiger partial charge in [-0.1, -0.05) is 17.7 Å². The van der Waals surface area contributed by atoms with E-state index in [1.54, 1.807) is 42.6 Å². The number of nitrogens with zero attached hydrogens (tertiary/aromatic N) is 2. The highest BCUT2D eigenvalue weighted by molar-refractivity contribution is 6.30. The van der Waals surface area contributed by atoms with Crippen LogP contribution >= 0.6 is 11.6 Å². The number of fused-ring (bicyclic) bond motifs is 1. The van der Waals surface area contributed by atoms with E-state index < -0.39 is 0 Å². The fraction of sp³-hybridized carbons (Fsp3) is 0.0714. The fourth-order valence-electron chi connectivity index (χ4n) is 1.79. The molecular weight excluding hydrogens is 278 g/mol. The van der Waals surface area contributed by atoms with Crippen LogP contribution in [0.1, 0.15) is 5.82 Å². The summed E-state index contributed by atoms with van der Waals surface area (Å²) in [6.45, 7) is 0.141. The number of aromatic amines is 1. The van der Waals surface area contributed by atoms with Gasteiger partial charge in [-0.3, -0.25) is 4.79 Å². The third-order valence-electron chi connectivity index (χ3n) is 2.70. The molecule has 0 unspecified atom stereocenters. The summed E-state index contributed by atoms with van der Waals surface area (Å²) in [5.41, 5.74) is 0.175. The van der Waals surface area contributed by atoms with E-state index >= 15 is 0 Å². The molecule has 0 aliphatic heterocycles. The number of H-pyrrole nitrogens is 1. The average Bonchev–Trinajstić information content (AvgIpc) is 2.45. The van der Waals surface area contributed by atoms with Crippen LogP contribution in [-0.4, -0.2) is 15.0 Å². The van der Waals surface area contributed by atoms with Gasteiger partial charge in [-0.15, -0.1) is 0 Å². The van der Waals surface area contributed by atoms with Crippen LogP contribution in [0.3, 0.4) is 0 Å². The van der Waals surface area contributed by atoms with E-state index in [-0.39, 0.29) is 12.2 Å². The lowest BCUT2D eigenvalue weighted by Crippen LogP contribution is -2.14. The summed E-state index contributed by atoms with van der Waals surface area (Å²) in [4.78, 5) is 22.8. The monoisotopic (exact) mass is 287 g/mol. The Morgan fingerprint density at radius 3 is 3.00 bits per heavy atom. The van der Waals surface area contributed by atoms with Crippen LogP contribution in [0.25, 0.3) is 11.0 Å². The maximum Gasteiger partial charge on any atom is 0.260 e. The third kappa shape index (κ3) is 2.62. The fourth-order valence-corrected chi connectivity index (χ4v) is 1.97. The molecule has 5 nitrogen and oxygen atoms in total. The van der Waals surface area contributed by atoms with Gasteiger partial charge in [0.05, 0.1) is 5.39 Å². The van der Waals surface area contributed by atoms with Crippen molar-refractivity contribution >= 4 is 22.6 Å². The maximum absolute atomic E-state index is 11.9. The molecule has 20 heavy (non-hydrogen) atoms. The van der Waals surface area contributed by atoms with Crippen molar-refractivity contribution in [2.24, 2.45) is 0 Å². The molecule has 0 saturated carbocycles. The van der Waals surface area contributed by atoms with Crippen LogP contribution in [0, 0.1) is 0 Å². The molecule has 3 rings (SSSR count). The number of halogens is 1. The van der Waals surface area contributed by atoms with Crippen LogP contribution in [-0.2, 0) is 6.61 Å². The van der Waals surface area contributed by atoms with Gasteiger partial charge in [-0.2, -0.15) is 0 Å². The predicted octanol–water partition coefficient (Wildman–Crippen LogP) is 2.55. The first-order valence-electron chi connectivity index (χ1n) is 5.95. The van der Waals surface area contributed by atoms with E-state index in [1.807, 2.05) is 0 Å². The molecule has 0 aliphatic carbocycles. The Morgan fingerprint density at radius 2 is 2.15 bits per heavy atom. The molecule has 100 valence electrons. The Hall–Kier alpha value is -2.40. The molecule has 6 heteroatoms. The smallest absolute Gasteiger partial charge is 0.260 e. The standard InChI is InChI=1S/C14H10ClN3O2/c15-9-3-1-4-10(7-9)20-8-12-17-13-11(14(19)18-12)5-2-6-16-13/h1-7H,8H2,(H,16,17,18,19). The van der Waals surface area contributed by atoms with Crippen LogP contribution < -0.4 is 10.3 Å². The first-order chi connectivity index (χ1) is 9.72. The summed E-state index contributed by atoms with van der Waals surface area (Å²) < 4.78 is 5.53. The number of nitrogens with one attached hydrogen (secondary N) is 1. The molecule has 1 aromatic carbocycles. The second-order valence-corrected chi connectivity index (χ2v) is 4.57. The van der Waals surface area contributed by atoms with Crippen LogP contribution in [0.4, 0.5) is 0 Å². The average molecular weight is 288 g/mol. The second kappa shape index (κ2) is 5.30. The van der Waals surface area contributed by atoms with E-state index in [0.717, 1.165) is 0 Å². The van der Waals surface area contributed by atoms with Crippen molar-refractivity contribution < 1.29 is 4.74 Å². The van der Waals surface area contributed by atoms with Crippen molar-refractivity contribution in [1.29, 1.82) is 0 Å².